The van der Waals surface area contributed by atoms with E-state index in [9.17, 15) is 9.59 Å². The minimum absolute atomic E-state index is 0.110. The highest BCUT2D eigenvalue weighted by Gasteiger charge is 2.33. The highest BCUT2D eigenvalue weighted by atomic mass is 32.2. The molecule has 1 N–H and O–H groups in total. The van der Waals surface area contributed by atoms with Crippen molar-refractivity contribution in [2.75, 3.05) is 5.75 Å². The van der Waals surface area contributed by atoms with Crippen molar-refractivity contribution in [1.29, 1.82) is 0 Å². The molecule has 0 bridgehead atoms. The summed E-state index contributed by atoms with van der Waals surface area (Å²) in [6.07, 6.45) is 1.35. The molecule has 1 aromatic carbocycles. The number of hydrogen-bond acceptors (Lipinski definition) is 6. The van der Waals surface area contributed by atoms with Gasteiger partial charge in [0.1, 0.15) is 0 Å². The van der Waals surface area contributed by atoms with Crippen LogP contribution in [0.3, 0.4) is 0 Å². The van der Waals surface area contributed by atoms with Gasteiger partial charge in [0.2, 0.25) is 0 Å². The van der Waals surface area contributed by atoms with Crippen LogP contribution in [0.1, 0.15) is 41.1 Å². The molecule has 0 unspecified atom stereocenters. The summed E-state index contributed by atoms with van der Waals surface area (Å²) in [6.45, 7) is 3.99. The molecule has 1 amide bonds. The topological polar surface area (TPSA) is 78.4 Å². The number of benzene rings is 1. The number of aryl methyl sites for hydroxylation is 2. The quantitative estimate of drug-likeness (QED) is 0.463. The van der Waals surface area contributed by atoms with E-state index in [1.807, 2.05) is 31.4 Å². The Balaban J connectivity index is 1.56. The van der Waals surface area contributed by atoms with Gasteiger partial charge < -0.3 is 4.98 Å². The average molecular weight is 439 g/mol. The lowest BCUT2D eigenvalue weighted by molar-refractivity contribution is -0.130. The highest BCUT2D eigenvalue weighted by molar-refractivity contribution is 7.99. The molecule has 3 heterocycles. The molecule has 2 aromatic heterocycles. The number of amides is 1. The van der Waals surface area contributed by atoms with E-state index in [1.165, 1.54) is 23.4 Å². The van der Waals surface area contributed by atoms with Crippen LogP contribution < -0.4 is 5.56 Å². The largest absolute Gasteiger partial charge is 0.301 e. The average Bonchev–Trinajstić information content (AvgIpc) is 3.42. The lowest BCUT2D eigenvalue weighted by Gasteiger charge is -2.22. The van der Waals surface area contributed by atoms with E-state index in [0.717, 1.165) is 16.2 Å². The lowest BCUT2D eigenvalue weighted by Crippen LogP contribution is -2.28. The molecule has 0 saturated heterocycles. The molecule has 3 aromatic rings. The molecule has 154 valence electrons. The summed E-state index contributed by atoms with van der Waals surface area (Å²) in [5, 5.41) is 8.75. The van der Waals surface area contributed by atoms with E-state index in [0.29, 0.717) is 23.7 Å². The maximum Gasteiger partial charge on any atom is 0.253 e. The second-order valence-electron chi connectivity index (χ2n) is 7.08. The molecular weight excluding hydrogens is 416 g/mol. The smallest absolute Gasteiger partial charge is 0.253 e. The van der Waals surface area contributed by atoms with E-state index in [2.05, 4.69) is 39.3 Å². The molecule has 1 aliphatic heterocycles. The summed E-state index contributed by atoms with van der Waals surface area (Å²) in [5.74, 6) is 0.0429. The Hall–Kier alpha value is -2.71. The Morgan fingerprint density at radius 3 is 2.80 bits per heavy atom. The molecule has 1 aliphatic rings. The van der Waals surface area contributed by atoms with Crippen molar-refractivity contribution in [1.82, 2.24) is 15.0 Å². The Bertz CT molecular complexity index is 1120. The first-order valence-electron chi connectivity index (χ1n) is 9.76. The van der Waals surface area contributed by atoms with E-state index in [4.69, 9.17) is 0 Å². The van der Waals surface area contributed by atoms with Crippen LogP contribution in [0.4, 0.5) is 0 Å². The molecule has 0 saturated carbocycles. The van der Waals surface area contributed by atoms with Crippen molar-refractivity contribution < 1.29 is 4.79 Å². The molecule has 1 atom stereocenters. The van der Waals surface area contributed by atoms with E-state index in [1.54, 1.807) is 16.3 Å². The minimum Gasteiger partial charge on any atom is -0.301 e. The number of nitrogens with zero attached hydrogens (tertiary/aromatic N) is 3. The zero-order valence-corrected chi connectivity index (χ0v) is 18.4. The summed E-state index contributed by atoms with van der Waals surface area (Å²) < 4.78 is 0. The Morgan fingerprint density at radius 2 is 2.10 bits per heavy atom. The molecule has 4 rings (SSSR count). The molecule has 8 heteroatoms. The van der Waals surface area contributed by atoms with Crippen molar-refractivity contribution in [2.45, 2.75) is 37.9 Å². The number of thiophene rings is 1. The first kappa shape index (κ1) is 20.6. The van der Waals surface area contributed by atoms with Gasteiger partial charge in [-0.1, -0.05) is 54.6 Å². The summed E-state index contributed by atoms with van der Waals surface area (Å²) in [7, 11) is 0. The minimum atomic E-state index is -0.200. The normalized spacial score (nSPS) is 16.0. The standard InChI is InChI=1S/C22H22N4O2S2/c1-3-16-11-20(27)24-22(23-16)30-13-21(28)26-18(15-8-6-14(2)7-9-15)12-17(25-26)19-5-4-10-29-19/h4-11,18H,3,12-13H2,1-2H3,(H,23,24,27)/t18-/m1/s1. The molecule has 0 radical (unpaired) electrons. The second-order valence-corrected chi connectivity index (χ2v) is 8.99. The van der Waals surface area contributed by atoms with Gasteiger partial charge in [0, 0.05) is 18.2 Å². The van der Waals surface area contributed by atoms with E-state index in [-0.39, 0.29) is 23.3 Å². The maximum atomic E-state index is 13.1. The van der Waals surface area contributed by atoms with Gasteiger partial charge in [-0.2, -0.15) is 5.10 Å². The Labute approximate surface area is 183 Å². The zero-order chi connectivity index (χ0) is 21.1. The zero-order valence-electron chi connectivity index (χ0n) is 16.8. The monoisotopic (exact) mass is 438 g/mol. The number of rotatable bonds is 6. The number of hydrazone groups is 1. The Morgan fingerprint density at radius 1 is 1.30 bits per heavy atom. The summed E-state index contributed by atoms with van der Waals surface area (Å²) in [4.78, 5) is 33.1. The van der Waals surface area contributed by atoms with Crippen LogP contribution >= 0.6 is 23.1 Å². The fraction of sp³-hybridized carbons (Fsp3) is 0.273. The number of aromatic nitrogens is 2. The summed E-state index contributed by atoms with van der Waals surface area (Å²) >= 11 is 2.86. The molecule has 30 heavy (non-hydrogen) atoms. The van der Waals surface area contributed by atoms with Crippen molar-refractivity contribution in [3.63, 3.8) is 0 Å². The van der Waals surface area contributed by atoms with Crippen molar-refractivity contribution in [2.24, 2.45) is 5.10 Å². The number of nitrogens with one attached hydrogen (secondary N) is 1. The highest BCUT2D eigenvalue weighted by Crippen LogP contribution is 2.34. The summed E-state index contributed by atoms with van der Waals surface area (Å²) in [5.41, 5.74) is 3.68. The van der Waals surface area contributed by atoms with Gasteiger partial charge in [0.15, 0.2) is 5.16 Å². The van der Waals surface area contributed by atoms with Gasteiger partial charge in [-0.25, -0.2) is 9.99 Å². The van der Waals surface area contributed by atoms with Crippen molar-refractivity contribution in [3.05, 3.63) is 79.9 Å². The predicted molar refractivity (Wildman–Crippen MR) is 121 cm³/mol. The van der Waals surface area contributed by atoms with Crippen LogP contribution in [0.5, 0.6) is 0 Å². The van der Waals surface area contributed by atoms with Crippen molar-refractivity contribution in [3.8, 4) is 0 Å². The van der Waals surface area contributed by atoms with Crippen LogP contribution in [0, 0.1) is 6.92 Å². The van der Waals surface area contributed by atoms with Gasteiger partial charge in [-0.3, -0.25) is 9.59 Å². The van der Waals surface area contributed by atoms with Gasteiger partial charge in [0.05, 0.1) is 22.4 Å². The maximum absolute atomic E-state index is 13.1. The number of carbonyl (C=O) groups excluding carboxylic acids is 1. The molecule has 0 fully saturated rings. The van der Waals surface area contributed by atoms with Crippen LogP contribution in [0.2, 0.25) is 0 Å². The van der Waals surface area contributed by atoms with Gasteiger partial charge in [-0.15, -0.1) is 11.3 Å². The predicted octanol–water partition coefficient (Wildman–Crippen LogP) is 4.17. The van der Waals surface area contributed by atoms with Crippen LogP contribution in [0.15, 0.2) is 62.9 Å². The van der Waals surface area contributed by atoms with Gasteiger partial charge >= 0.3 is 0 Å². The fourth-order valence-electron chi connectivity index (χ4n) is 3.31. The van der Waals surface area contributed by atoms with E-state index >= 15 is 0 Å². The van der Waals surface area contributed by atoms with Crippen LogP contribution in [0.25, 0.3) is 0 Å². The number of thioether (sulfide) groups is 1. The third-order valence-electron chi connectivity index (χ3n) is 4.90. The first-order chi connectivity index (χ1) is 14.5. The Kier molecular flexibility index (Phi) is 6.15. The number of carbonyl (C=O) groups is 1. The lowest BCUT2D eigenvalue weighted by atomic mass is 10.00. The fourth-order valence-corrected chi connectivity index (χ4v) is 4.78. The second kappa shape index (κ2) is 8.97. The summed E-state index contributed by atoms with van der Waals surface area (Å²) in [6, 6.07) is 13.6. The molecule has 6 nitrogen and oxygen atoms in total. The number of aromatic amines is 1. The molecule has 0 spiro atoms. The molecule has 0 aliphatic carbocycles. The van der Waals surface area contributed by atoms with Crippen LogP contribution in [-0.4, -0.2) is 32.3 Å². The third-order valence-corrected chi connectivity index (χ3v) is 6.68. The van der Waals surface area contributed by atoms with Gasteiger partial charge in [0.25, 0.3) is 11.5 Å². The SMILES string of the molecule is CCc1cc(=O)[nH]c(SCC(=O)N2N=C(c3cccs3)C[C@@H]2c2ccc(C)cc2)n1. The van der Waals surface area contributed by atoms with Gasteiger partial charge in [-0.05, 0) is 30.4 Å². The number of H-pyrrole nitrogens is 1. The first-order valence-corrected chi connectivity index (χ1v) is 11.6. The van der Waals surface area contributed by atoms with Crippen LogP contribution in [-0.2, 0) is 11.2 Å². The van der Waals surface area contributed by atoms with E-state index < -0.39 is 0 Å². The number of hydrogen-bond donors (Lipinski definition) is 1. The molecular formula is C22H22N4O2S2. The van der Waals surface area contributed by atoms with Crippen molar-refractivity contribution >= 4 is 34.7 Å². The third kappa shape index (κ3) is 4.55.